The molecule has 2 aliphatic rings. The maximum Gasteiger partial charge on any atom is 0.410 e. The first-order valence-electron chi connectivity index (χ1n) is 7.71. The van der Waals surface area contributed by atoms with E-state index >= 15 is 0 Å². The van der Waals surface area contributed by atoms with Gasteiger partial charge in [0.25, 0.3) is 0 Å². The topological polar surface area (TPSA) is 70.1 Å². The zero-order valence-corrected chi connectivity index (χ0v) is 13.2. The summed E-state index contributed by atoms with van der Waals surface area (Å²) in [6.45, 7) is 8.64. The van der Waals surface area contributed by atoms with Crippen LogP contribution >= 0.6 is 0 Å². The van der Waals surface area contributed by atoms with Crippen LogP contribution in [0, 0.1) is 5.92 Å². The highest BCUT2D eigenvalue weighted by Gasteiger charge is 2.35. The quantitative estimate of drug-likeness (QED) is 0.841. The number of nitrogens with zero attached hydrogens (tertiary/aromatic N) is 2. The minimum atomic E-state index is -0.684. The number of rotatable bonds is 2. The molecule has 2 heterocycles. The number of amides is 1. The summed E-state index contributed by atoms with van der Waals surface area (Å²) in [5.74, 6) is -0.888. The summed E-state index contributed by atoms with van der Waals surface area (Å²) in [7, 11) is 0. The van der Waals surface area contributed by atoms with Crippen LogP contribution < -0.4 is 0 Å². The maximum absolute atomic E-state index is 12.0. The molecule has 2 rings (SSSR count). The minimum Gasteiger partial charge on any atom is -0.481 e. The molecule has 0 aromatic carbocycles. The number of hydrogen-bond acceptors (Lipinski definition) is 4. The smallest absolute Gasteiger partial charge is 0.410 e. The van der Waals surface area contributed by atoms with Gasteiger partial charge in [-0.15, -0.1) is 0 Å². The molecule has 0 radical (unpaired) electrons. The summed E-state index contributed by atoms with van der Waals surface area (Å²) in [5, 5.41) is 9.02. The van der Waals surface area contributed by atoms with Crippen molar-refractivity contribution >= 4 is 12.1 Å². The minimum absolute atomic E-state index is 0.204. The Bertz CT molecular complexity index is 397. The van der Waals surface area contributed by atoms with Gasteiger partial charge in [0.1, 0.15) is 5.60 Å². The van der Waals surface area contributed by atoms with Crippen LogP contribution in [0.5, 0.6) is 0 Å². The van der Waals surface area contributed by atoms with Crippen molar-refractivity contribution < 1.29 is 19.4 Å². The van der Waals surface area contributed by atoms with E-state index in [0.717, 1.165) is 26.1 Å². The number of ether oxygens (including phenoxy) is 1. The van der Waals surface area contributed by atoms with Gasteiger partial charge in [-0.3, -0.25) is 9.69 Å². The lowest BCUT2D eigenvalue weighted by Gasteiger charge is -2.34. The van der Waals surface area contributed by atoms with Gasteiger partial charge in [-0.25, -0.2) is 4.79 Å². The number of aliphatic carboxylic acids is 1. The van der Waals surface area contributed by atoms with E-state index in [-0.39, 0.29) is 12.0 Å². The average Bonchev–Trinajstić information content (AvgIpc) is 2.86. The van der Waals surface area contributed by atoms with Crippen LogP contribution in [0.3, 0.4) is 0 Å². The molecule has 0 spiro atoms. The van der Waals surface area contributed by atoms with E-state index in [2.05, 4.69) is 4.90 Å². The van der Waals surface area contributed by atoms with Crippen molar-refractivity contribution in [3.05, 3.63) is 0 Å². The van der Waals surface area contributed by atoms with E-state index in [1.165, 1.54) is 0 Å². The fourth-order valence-corrected chi connectivity index (χ4v) is 3.04. The van der Waals surface area contributed by atoms with Gasteiger partial charge in [-0.2, -0.15) is 0 Å². The standard InChI is InChI=1S/C15H26N2O4/c1-15(2,3)21-14(20)17-9-6-12(10-17)16-7-4-11(5-8-16)13(18)19/h11-12H,4-10H2,1-3H3,(H,18,19)/t12-/m1/s1. The van der Waals surface area contributed by atoms with Crippen molar-refractivity contribution in [2.45, 2.75) is 51.7 Å². The highest BCUT2D eigenvalue weighted by atomic mass is 16.6. The number of piperidine rings is 1. The largest absolute Gasteiger partial charge is 0.481 e. The normalized spacial score (nSPS) is 25.1. The summed E-state index contributed by atoms with van der Waals surface area (Å²) >= 11 is 0. The van der Waals surface area contributed by atoms with Crippen LogP contribution in [0.4, 0.5) is 4.79 Å². The van der Waals surface area contributed by atoms with Gasteiger partial charge in [-0.05, 0) is 53.1 Å². The third-order valence-corrected chi connectivity index (χ3v) is 4.21. The maximum atomic E-state index is 12.0. The summed E-state index contributed by atoms with van der Waals surface area (Å²) in [5.41, 5.74) is -0.463. The van der Waals surface area contributed by atoms with Crippen LogP contribution in [0.1, 0.15) is 40.0 Å². The van der Waals surface area contributed by atoms with Crippen molar-refractivity contribution in [1.82, 2.24) is 9.80 Å². The van der Waals surface area contributed by atoms with Crippen molar-refractivity contribution in [2.75, 3.05) is 26.2 Å². The van der Waals surface area contributed by atoms with E-state index in [1.54, 1.807) is 4.90 Å². The molecule has 2 fully saturated rings. The number of carbonyl (C=O) groups excluding carboxylic acids is 1. The molecule has 120 valence electrons. The monoisotopic (exact) mass is 298 g/mol. The third kappa shape index (κ3) is 4.33. The molecule has 0 aliphatic carbocycles. The van der Waals surface area contributed by atoms with E-state index < -0.39 is 11.6 Å². The molecule has 21 heavy (non-hydrogen) atoms. The van der Waals surface area contributed by atoms with E-state index in [4.69, 9.17) is 9.84 Å². The van der Waals surface area contributed by atoms with Crippen molar-refractivity contribution in [3.8, 4) is 0 Å². The van der Waals surface area contributed by atoms with Crippen LogP contribution in [-0.4, -0.2) is 64.8 Å². The number of hydrogen-bond donors (Lipinski definition) is 1. The van der Waals surface area contributed by atoms with Gasteiger partial charge >= 0.3 is 12.1 Å². The Morgan fingerprint density at radius 1 is 1.10 bits per heavy atom. The average molecular weight is 298 g/mol. The van der Waals surface area contributed by atoms with Gasteiger partial charge in [-0.1, -0.05) is 0 Å². The molecule has 0 aromatic heterocycles. The molecule has 1 atom stereocenters. The predicted molar refractivity (Wildman–Crippen MR) is 78.1 cm³/mol. The molecule has 1 amide bonds. The summed E-state index contributed by atoms with van der Waals surface area (Å²) < 4.78 is 5.40. The Labute approximate surface area is 126 Å². The lowest BCUT2D eigenvalue weighted by Crippen LogP contribution is -2.45. The summed E-state index contributed by atoms with van der Waals surface area (Å²) in [6.07, 6.45) is 2.11. The Balaban J connectivity index is 1.80. The molecule has 6 nitrogen and oxygen atoms in total. The van der Waals surface area contributed by atoms with Gasteiger partial charge in [0, 0.05) is 19.1 Å². The Morgan fingerprint density at radius 2 is 1.71 bits per heavy atom. The fourth-order valence-electron chi connectivity index (χ4n) is 3.04. The molecule has 0 aromatic rings. The predicted octanol–water partition coefficient (Wildman–Crippen LogP) is 1.79. The molecule has 1 N–H and O–H groups in total. The van der Waals surface area contributed by atoms with E-state index in [1.807, 2.05) is 20.8 Å². The van der Waals surface area contributed by atoms with Gasteiger partial charge < -0.3 is 14.7 Å². The zero-order chi connectivity index (χ0) is 15.6. The van der Waals surface area contributed by atoms with Crippen LogP contribution in [0.15, 0.2) is 0 Å². The number of carbonyl (C=O) groups is 2. The molecule has 2 aliphatic heterocycles. The Morgan fingerprint density at radius 3 is 2.24 bits per heavy atom. The number of carboxylic acids is 1. The van der Waals surface area contributed by atoms with E-state index in [0.29, 0.717) is 25.4 Å². The first-order valence-corrected chi connectivity index (χ1v) is 7.71. The Kier molecular flexibility index (Phi) is 4.76. The molecule has 0 bridgehead atoms. The first-order chi connectivity index (χ1) is 9.76. The first kappa shape index (κ1) is 16.1. The molecular weight excluding hydrogens is 272 g/mol. The van der Waals surface area contributed by atoms with Crippen molar-refractivity contribution in [2.24, 2.45) is 5.92 Å². The van der Waals surface area contributed by atoms with Gasteiger partial charge in [0.2, 0.25) is 0 Å². The van der Waals surface area contributed by atoms with Crippen LogP contribution in [-0.2, 0) is 9.53 Å². The van der Waals surface area contributed by atoms with Crippen LogP contribution in [0.25, 0.3) is 0 Å². The summed E-state index contributed by atoms with van der Waals surface area (Å²) in [4.78, 5) is 27.1. The lowest BCUT2D eigenvalue weighted by molar-refractivity contribution is -0.143. The number of carboxylic acid groups (broad SMARTS) is 1. The molecule has 0 unspecified atom stereocenters. The molecule has 0 saturated carbocycles. The highest BCUT2D eigenvalue weighted by Crippen LogP contribution is 2.24. The lowest BCUT2D eigenvalue weighted by atomic mass is 9.96. The SMILES string of the molecule is CC(C)(C)OC(=O)N1CC[C@@H](N2CCC(C(=O)O)CC2)C1. The third-order valence-electron chi connectivity index (χ3n) is 4.21. The second-order valence-corrected chi connectivity index (χ2v) is 7.02. The van der Waals surface area contributed by atoms with Crippen LogP contribution in [0.2, 0.25) is 0 Å². The summed E-state index contributed by atoms with van der Waals surface area (Å²) in [6, 6.07) is 0.340. The molecule has 2 saturated heterocycles. The van der Waals surface area contributed by atoms with Gasteiger partial charge in [0.15, 0.2) is 0 Å². The van der Waals surface area contributed by atoms with Crippen molar-refractivity contribution in [1.29, 1.82) is 0 Å². The second-order valence-electron chi connectivity index (χ2n) is 7.02. The molecule has 6 heteroatoms. The number of likely N-dealkylation sites (tertiary alicyclic amines) is 2. The van der Waals surface area contributed by atoms with E-state index in [9.17, 15) is 9.59 Å². The van der Waals surface area contributed by atoms with Gasteiger partial charge in [0.05, 0.1) is 5.92 Å². The van der Waals surface area contributed by atoms with Crippen molar-refractivity contribution in [3.63, 3.8) is 0 Å². The zero-order valence-electron chi connectivity index (χ0n) is 13.2. The highest BCUT2D eigenvalue weighted by molar-refractivity contribution is 5.70. The Hall–Kier alpha value is -1.30. The fraction of sp³-hybridized carbons (Fsp3) is 0.867. The second kappa shape index (κ2) is 6.22. The molecular formula is C15H26N2O4.